The minimum Gasteiger partial charge on any atom is -0.478 e. The summed E-state index contributed by atoms with van der Waals surface area (Å²) in [5, 5.41) is 10.1. The van der Waals surface area contributed by atoms with Crippen molar-refractivity contribution in [2.75, 3.05) is 0 Å². The van der Waals surface area contributed by atoms with Gasteiger partial charge in [-0.3, -0.25) is 4.79 Å². The maximum absolute atomic E-state index is 12.1. The summed E-state index contributed by atoms with van der Waals surface area (Å²) in [6, 6.07) is 14.5. The van der Waals surface area contributed by atoms with E-state index in [-0.39, 0.29) is 17.3 Å². The van der Waals surface area contributed by atoms with Gasteiger partial charge in [-0.15, -0.1) is 0 Å². The molecule has 1 aromatic heterocycles. The van der Waals surface area contributed by atoms with Crippen LogP contribution in [-0.2, 0) is 0 Å². The molecule has 116 valence electrons. The number of carboxylic acids is 1. The fourth-order valence-corrected chi connectivity index (χ4v) is 2.58. The van der Waals surface area contributed by atoms with E-state index in [9.17, 15) is 9.59 Å². The number of carbonyl (C=O) groups excluding carboxylic acids is 1. The van der Waals surface area contributed by atoms with Gasteiger partial charge in [-0.25, -0.2) is 4.79 Å². The number of nitrogens with one attached hydrogen (secondary N) is 1. The lowest BCUT2D eigenvalue weighted by Crippen LogP contribution is -2.07. The zero-order valence-electron chi connectivity index (χ0n) is 13.0. The monoisotopic (exact) mass is 307 g/mol. The van der Waals surface area contributed by atoms with Crippen molar-refractivity contribution in [1.82, 2.24) is 4.98 Å². The van der Waals surface area contributed by atoms with E-state index in [0.29, 0.717) is 5.69 Å². The number of carbonyl (C=O) groups is 2. The Balaban J connectivity index is 2.05. The van der Waals surface area contributed by atoms with Crippen LogP contribution < -0.4 is 0 Å². The molecule has 4 heteroatoms. The molecule has 0 bridgehead atoms. The van der Waals surface area contributed by atoms with Crippen molar-refractivity contribution in [3.63, 3.8) is 0 Å². The van der Waals surface area contributed by atoms with E-state index in [0.717, 1.165) is 22.0 Å². The number of hydrogen-bond acceptors (Lipinski definition) is 2. The van der Waals surface area contributed by atoms with Crippen molar-refractivity contribution in [3.8, 4) is 11.1 Å². The molecule has 0 fully saturated rings. The Bertz CT molecular complexity index is 906. The average Bonchev–Trinajstić information content (AvgIpc) is 2.97. The van der Waals surface area contributed by atoms with Gasteiger partial charge in [-0.2, -0.15) is 0 Å². The van der Waals surface area contributed by atoms with Gasteiger partial charge in [0.2, 0.25) is 0 Å². The number of carboxylic acid groups (broad SMARTS) is 1. The highest BCUT2D eigenvalue weighted by molar-refractivity contribution is 6.01. The molecule has 0 saturated carbocycles. The number of benzene rings is 2. The summed E-state index contributed by atoms with van der Waals surface area (Å²) in [5.41, 5.74) is 3.47. The summed E-state index contributed by atoms with van der Waals surface area (Å²) in [6.07, 6.45) is 0. The van der Waals surface area contributed by atoms with Crippen LogP contribution in [-0.4, -0.2) is 21.8 Å². The van der Waals surface area contributed by atoms with Crippen molar-refractivity contribution >= 4 is 22.7 Å². The Morgan fingerprint density at radius 1 is 1.00 bits per heavy atom. The van der Waals surface area contributed by atoms with Gasteiger partial charge in [0.25, 0.3) is 0 Å². The molecule has 2 aromatic carbocycles. The quantitative estimate of drug-likeness (QED) is 0.703. The molecule has 0 spiro atoms. The third kappa shape index (κ3) is 2.88. The van der Waals surface area contributed by atoms with Gasteiger partial charge in [0.05, 0.1) is 11.3 Å². The first-order valence-electron chi connectivity index (χ1n) is 7.46. The maximum Gasteiger partial charge on any atom is 0.335 e. The second-order valence-electron chi connectivity index (χ2n) is 5.89. The van der Waals surface area contributed by atoms with Gasteiger partial charge < -0.3 is 10.1 Å². The van der Waals surface area contributed by atoms with Crippen LogP contribution in [0.15, 0.2) is 48.5 Å². The van der Waals surface area contributed by atoms with E-state index in [1.54, 1.807) is 18.2 Å². The molecule has 0 aliphatic heterocycles. The zero-order chi connectivity index (χ0) is 16.6. The summed E-state index contributed by atoms with van der Waals surface area (Å²) in [6.45, 7) is 3.74. The van der Waals surface area contributed by atoms with Crippen LogP contribution in [0.2, 0.25) is 0 Å². The van der Waals surface area contributed by atoms with E-state index in [4.69, 9.17) is 5.11 Å². The number of aromatic carboxylic acids is 1. The van der Waals surface area contributed by atoms with E-state index in [1.165, 1.54) is 0 Å². The molecule has 0 unspecified atom stereocenters. The lowest BCUT2D eigenvalue weighted by molar-refractivity contribution is 0.0696. The summed E-state index contributed by atoms with van der Waals surface area (Å²) < 4.78 is 0. The molecule has 0 radical (unpaired) electrons. The SMILES string of the molecule is CC(C)C(=O)c1cc2ccc(-c3cccc(C(=O)O)c3)cc2[nH]1. The Hall–Kier alpha value is -2.88. The fraction of sp³-hybridized carbons (Fsp3) is 0.158. The number of Topliss-reactive ketones (excluding diaryl/α,β-unsaturated/α-hetero) is 1. The molecule has 3 aromatic rings. The van der Waals surface area contributed by atoms with Crippen LogP contribution in [0.25, 0.3) is 22.0 Å². The Labute approximate surface area is 133 Å². The maximum atomic E-state index is 12.1. The number of rotatable bonds is 4. The van der Waals surface area contributed by atoms with E-state index < -0.39 is 5.97 Å². The predicted octanol–water partition coefficient (Wildman–Crippen LogP) is 4.37. The Morgan fingerprint density at radius 3 is 2.43 bits per heavy atom. The first-order valence-corrected chi connectivity index (χ1v) is 7.46. The predicted molar refractivity (Wildman–Crippen MR) is 89.9 cm³/mol. The molecular formula is C19H17NO3. The first-order chi connectivity index (χ1) is 11.0. The second-order valence-corrected chi connectivity index (χ2v) is 5.89. The fourth-order valence-electron chi connectivity index (χ4n) is 2.58. The smallest absolute Gasteiger partial charge is 0.335 e. The largest absolute Gasteiger partial charge is 0.478 e. The van der Waals surface area contributed by atoms with Gasteiger partial charge in [0.1, 0.15) is 0 Å². The summed E-state index contributed by atoms with van der Waals surface area (Å²) >= 11 is 0. The molecule has 1 heterocycles. The van der Waals surface area contributed by atoms with Gasteiger partial charge >= 0.3 is 5.97 Å². The van der Waals surface area contributed by atoms with Crippen molar-refractivity contribution < 1.29 is 14.7 Å². The molecular weight excluding hydrogens is 290 g/mol. The minimum atomic E-state index is -0.947. The van der Waals surface area contributed by atoms with Gasteiger partial charge in [0, 0.05) is 16.8 Å². The second kappa shape index (κ2) is 5.72. The van der Waals surface area contributed by atoms with Crippen LogP contribution in [0.1, 0.15) is 34.7 Å². The van der Waals surface area contributed by atoms with Gasteiger partial charge in [-0.1, -0.05) is 38.1 Å². The Kier molecular flexibility index (Phi) is 3.74. The molecule has 0 amide bonds. The number of aromatic amines is 1. The topological polar surface area (TPSA) is 70.2 Å². The molecule has 0 atom stereocenters. The van der Waals surface area contributed by atoms with E-state index in [1.807, 2.05) is 44.2 Å². The number of fused-ring (bicyclic) bond motifs is 1. The average molecular weight is 307 g/mol. The highest BCUT2D eigenvalue weighted by Crippen LogP contribution is 2.26. The van der Waals surface area contributed by atoms with Crippen LogP contribution >= 0.6 is 0 Å². The zero-order valence-corrected chi connectivity index (χ0v) is 13.0. The lowest BCUT2D eigenvalue weighted by atomic mass is 10.0. The van der Waals surface area contributed by atoms with Crippen molar-refractivity contribution in [1.29, 1.82) is 0 Å². The third-order valence-electron chi connectivity index (χ3n) is 3.86. The molecule has 0 saturated heterocycles. The van der Waals surface area contributed by atoms with Crippen LogP contribution in [0.3, 0.4) is 0 Å². The molecule has 0 aliphatic rings. The first kappa shape index (κ1) is 15.0. The summed E-state index contributed by atoms with van der Waals surface area (Å²) in [5.74, 6) is -0.928. The summed E-state index contributed by atoms with van der Waals surface area (Å²) in [7, 11) is 0. The van der Waals surface area contributed by atoms with Crippen LogP contribution in [0.4, 0.5) is 0 Å². The molecule has 2 N–H and O–H groups in total. The highest BCUT2D eigenvalue weighted by atomic mass is 16.4. The van der Waals surface area contributed by atoms with Crippen LogP contribution in [0.5, 0.6) is 0 Å². The molecule has 0 aliphatic carbocycles. The van der Waals surface area contributed by atoms with Gasteiger partial charge in [-0.05, 0) is 35.4 Å². The number of H-pyrrole nitrogens is 1. The normalized spacial score (nSPS) is 11.1. The minimum absolute atomic E-state index is 0.0604. The number of ketones is 1. The summed E-state index contributed by atoms with van der Waals surface area (Å²) in [4.78, 5) is 26.3. The third-order valence-corrected chi connectivity index (χ3v) is 3.86. The lowest BCUT2D eigenvalue weighted by Gasteiger charge is -2.03. The Morgan fingerprint density at radius 2 is 1.74 bits per heavy atom. The van der Waals surface area contributed by atoms with Crippen molar-refractivity contribution in [2.24, 2.45) is 5.92 Å². The number of aromatic nitrogens is 1. The van der Waals surface area contributed by atoms with Gasteiger partial charge in [0.15, 0.2) is 5.78 Å². The van der Waals surface area contributed by atoms with E-state index >= 15 is 0 Å². The standard InChI is InChI=1S/C19H17NO3/c1-11(2)18(21)17-10-14-7-6-13(9-16(14)20-17)12-4-3-5-15(8-12)19(22)23/h3-11,20H,1-2H3,(H,22,23). The molecule has 23 heavy (non-hydrogen) atoms. The number of hydrogen-bond donors (Lipinski definition) is 2. The van der Waals surface area contributed by atoms with E-state index in [2.05, 4.69) is 4.98 Å². The molecule has 4 nitrogen and oxygen atoms in total. The van der Waals surface area contributed by atoms with Crippen LogP contribution in [0, 0.1) is 5.92 Å². The highest BCUT2D eigenvalue weighted by Gasteiger charge is 2.13. The van der Waals surface area contributed by atoms with Crippen molar-refractivity contribution in [2.45, 2.75) is 13.8 Å². The van der Waals surface area contributed by atoms with Crippen molar-refractivity contribution in [3.05, 3.63) is 59.8 Å². The molecule has 3 rings (SSSR count).